The van der Waals surface area contributed by atoms with E-state index in [0.717, 1.165) is 24.8 Å². The van der Waals surface area contributed by atoms with E-state index >= 15 is 0 Å². The van der Waals surface area contributed by atoms with Gasteiger partial charge in [-0.25, -0.2) is 4.79 Å². The summed E-state index contributed by atoms with van der Waals surface area (Å²) in [5, 5.41) is 0.764. The number of hydrogen-bond donors (Lipinski definition) is 0. The molecule has 0 saturated carbocycles. The van der Waals surface area contributed by atoms with E-state index in [4.69, 9.17) is 4.42 Å². The Bertz CT molecular complexity index is 1030. The average Bonchev–Trinajstić information content (AvgIpc) is 2.73. The molecule has 3 aromatic rings. The molecule has 5 nitrogen and oxygen atoms in total. The van der Waals surface area contributed by atoms with Gasteiger partial charge in [-0.2, -0.15) is 0 Å². The zero-order valence-electron chi connectivity index (χ0n) is 16.0. The van der Waals surface area contributed by atoms with Gasteiger partial charge in [-0.3, -0.25) is 9.69 Å². The van der Waals surface area contributed by atoms with E-state index in [1.165, 1.54) is 5.56 Å². The van der Waals surface area contributed by atoms with Crippen molar-refractivity contribution in [3.05, 3.63) is 82.2 Å². The van der Waals surface area contributed by atoms with Gasteiger partial charge in [0, 0.05) is 31.1 Å². The van der Waals surface area contributed by atoms with Gasteiger partial charge in [0.2, 0.25) is 0 Å². The van der Waals surface area contributed by atoms with E-state index in [2.05, 4.69) is 24.1 Å². The highest BCUT2D eigenvalue weighted by molar-refractivity contribution is 5.96. The number of piperidine rings is 1. The quantitative estimate of drug-likeness (QED) is 0.654. The number of benzene rings is 2. The molecule has 1 aromatic heterocycles. The Balaban J connectivity index is 1.50. The van der Waals surface area contributed by atoms with Crippen molar-refractivity contribution >= 4 is 16.9 Å². The molecule has 0 aliphatic carbocycles. The molecule has 0 spiro atoms. The van der Waals surface area contributed by atoms with Gasteiger partial charge >= 0.3 is 5.63 Å². The molecular formula is C23H24N2O3. The topological polar surface area (TPSA) is 53.8 Å². The maximum atomic E-state index is 13.0. The number of likely N-dealkylation sites (tertiary alicyclic amines) is 1. The highest BCUT2D eigenvalue weighted by Crippen LogP contribution is 2.20. The summed E-state index contributed by atoms with van der Waals surface area (Å²) in [5.74, 6) is -0.239. The molecule has 1 fully saturated rings. The Morgan fingerprint density at radius 2 is 1.89 bits per heavy atom. The second kappa shape index (κ2) is 7.98. The molecule has 1 saturated heterocycles. The summed E-state index contributed by atoms with van der Waals surface area (Å²) in [6.45, 7) is 2.13. The molecule has 2 aromatic carbocycles. The zero-order valence-corrected chi connectivity index (χ0v) is 16.0. The SMILES string of the molecule is CN(Cc1ccccc1)[C@@H]1CCCN(C(=O)c2cc3ccccc3oc2=O)C1. The third kappa shape index (κ3) is 3.85. The van der Waals surface area contributed by atoms with E-state index in [1.807, 2.05) is 36.4 Å². The van der Waals surface area contributed by atoms with E-state index in [1.54, 1.807) is 17.0 Å². The Morgan fingerprint density at radius 3 is 2.71 bits per heavy atom. The number of likely N-dealkylation sites (N-methyl/N-ethyl adjacent to an activating group) is 1. The van der Waals surface area contributed by atoms with Gasteiger partial charge in [0.25, 0.3) is 5.91 Å². The lowest BCUT2D eigenvalue weighted by Gasteiger charge is -2.37. The van der Waals surface area contributed by atoms with Crippen molar-refractivity contribution < 1.29 is 9.21 Å². The lowest BCUT2D eigenvalue weighted by atomic mass is 10.0. The molecule has 1 aliphatic rings. The summed E-state index contributed by atoms with van der Waals surface area (Å²) in [6.07, 6.45) is 1.97. The number of nitrogens with zero attached hydrogens (tertiary/aromatic N) is 2. The van der Waals surface area contributed by atoms with Crippen LogP contribution in [0.4, 0.5) is 0 Å². The van der Waals surface area contributed by atoms with Gasteiger partial charge in [0.05, 0.1) is 0 Å². The molecular weight excluding hydrogens is 352 g/mol. The summed E-state index contributed by atoms with van der Waals surface area (Å²) in [6, 6.07) is 19.5. The normalized spacial score (nSPS) is 17.2. The predicted octanol–water partition coefficient (Wildman–Crippen LogP) is 3.53. The van der Waals surface area contributed by atoms with Crippen LogP contribution in [0.2, 0.25) is 0 Å². The van der Waals surface area contributed by atoms with Crippen LogP contribution in [-0.4, -0.2) is 41.9 Å². The van der Waals surface area contributed by atoms with Crippen molar-refractivity contribution in [2.24, 2.45) is 0 Å². The fourth-order valence-corrected chi connectivity index (χ4v) is 3.88. The van der Waals surface area contributed by atoms with Crippen LogP contribution in [-0.2, 0) is 6.54 Å². The van der Waals surface area contributed by atoms with E-state index in [-0.39, 0.29) is 17.5 Å². The molecule has 0 bridgehead atoms. The van der Waals surface area contributed by atoms with Crippen LogP contribution in [0.1, 0.15) is 28.8 Å². The second-order valence-electron chi connectivity index (χ2n) is 7.43. The van der Waals surface area contributed by atoms with Crippen LogP contribution >= 0.6 is 0 Å². The molecule has 4 rings (SSSR count). The maximum Gasteiger partial charge on any atom is 0.349 e. The van der Waals surface area contributed by atoms with Crippen LogP contribution in [0.3, 0.4) is 0 Å². The first kappa shape index (κ1) is 18.4. The highest BCUT2D eigenvalue weighted by atomic mass is 16.4. The Kier molecular flexibility index (Phi) is 5.26. The van der Waals surface area contributed by atoms with Crippen LogP contribution in [0, 0.1) is 0 Å². The largest absolute Gasteiger partial charge is 0.422 e. The van der Waals surface area contributed by atoms with Crippen molar-refractivity contribution in [3.63, 3.8) is 0 Å². The fraction of sp³-hybridized carbons (Fsp3) is 0.304. The Hall–Kier alpha value is -2.92. The van der Waals surface area contributed by atoms with Crippen molar-refractivity contribution in [2.45, 2.75) is 25.4 Å². The summed E-state index contributed by atoms with van der Waals surface area (Å²) in [5.41, 5.74) is 1.31. The van der Waals surface area contributed by atoms with Crippen molar-refractivity contribution in [1.29, 1.82) is 0 Å². The second-order valence-corrected chi connectivity index (χ2v) is 7.43. The van der Waals surface area contributed by atoms with Crippen molar-refractivity contribution in [2.75, 3.05) is 20.1 Å². The van der Waals surface area contributed by atoms with Gasteiger partial charge in [-0.1, -0.05) is 48.5 Å². The number of fused-ring (bicyclic) bond motifs is 1. The van der Waals surface area contributed by atoms with Gasteiger partial charge in [0.1, 0.15) is 11.1 Å². The van der Waals surface area contributed by atoms with Gasteiger partial charge < -0.3 is 9.32 Å². The Morgan fingerprint density at radius 1 is 1.14 bits per heavy atom. The molecule has 28 heavy (non-hydrogen) atoms. The number of amides is 1. The molecule has 1 amide bonds. The van der Waals surface area contributed by atoms with Crippen LogP contribution in [0.25, 0.3) is 11.0 Å². The molecule has 1 atom stereocenters. The lowest BCUT2D eigenvalue weighted by Crippen LogP contribution is -2.49. The monoisotopic (exact) mass is 376 g/mol. The predicted molar refractivity (Wildman–Crippen MR) is 109 cm³/mol. The molecule has 5 heteroatoms. The van der Waals surface area contributed by atoms with E-state index in [0.29, 0.717) is 18.7 Å². The molecule has 1 aliphatic heterocycles. The van der Waals surface area contributed by atoms with Gasteiger partial charge in [0.15, 0.2) is 0 Å². The molecule has 0 N–H and O–H groups in total. The minimum atomic E-state index is -0.566. The smallest absolute Gasteiger partial charge is 0.349 e. The number of carbonyl (C=O) groups excluding carboxylic acids is 1. The number of carbonyl (C=O) groups is 1. The van der Waals surface area contributed by atoms with Crippen LogP contribution < -0.4 is 5.63 Å². The number of hydrogen-bond acceptors (Lipinski definition) is 4. The van der Waals surface area contributed by atoms with Crippen molar-refractivity contribution in [1.82, 2.24) is 9.80 Å². The van der Waals surface area contributed by atoms with Gasteiger partial charge in [-0.05, 0) is 37.6 Å². The van der Waals surface area contributed by atoms with Crippen molar-refractivity contribution in [3.8, 4) is 0 Å². The first-order valence-corrected chi connectivity index (χ1v) is 9.68. The number of rotatable bonds is 4. The Labute approximate surface area is 164 Å². The molecule has 0 radical (unpaired) electrons. The maximum absolute atomic E-state index is 13.0. The fourth-order valence-electron chi connectivity index (χ4n) is 3.88. The first-order valence-electron chi connectivity index (χ1n) is 9.68. The summed E-state index contributed by atoms with van der Waals surface area (Å²) in [4.78, 5) is 29.5. The average molecular weight is 376 g/mol. The zero-order chi connectivity index (χ0) is 19.5. The molecule has 2 heterocycles. The van der Waals surface area contributed by atoms with E-state index < -0.39 is 5.63 Å². The molecule has 144 valence electrons. The van der Waals surface area contributed by atoms with Gasteiger partial charge in [-0.15, -0.1) is 0 Å². The number of para-hydroxylation sites is 1. The minimum Gasteiger partial charge on any atom is -0.422 e. The minimum absolute atomic E-state index is 0.116. The lowest BCUT2D eigenvalue weighted by molar-refractivity contribution is 0.0598. The summed E-state index contributed by atoms with van der Waals surface area (Å²) in [7, 11) is 2.09. The third-order valence-electron chi connectivity index (χ3n) is 5.45. The summed E-state index contributed by atoms with van der Waals surface area (Å²) < 4.78 is 5.34. The van der Waals surface area contributed by atoms with Crippen LogP contribution in [0.5, 0.6) is 0 Å². The highest BCUT2D eigenvalue weighted by Gasteiger charge is 2.28. The first-order chi connectivity index (χ1) is 13.6. The molecule has 0 unspecified atom stereocenters. The standard InChI is InChI=1S/C23H24N2O3/c1-24(15-17-8-3-2-4-9-17)19-11-7-13-25(16-19)22(26)20-14-18-10-5-6-12-21(18)28-23(20)27/h2-6,8-10,12,14,19H,7,11,13,15-16H2,1H3/t19-/m1/s1. The van der Waals surface area contributed by atoms with Crippen LogP contribution in [0.15, 0.2) is 69.9 Å². The third-order valence-corrected chi connectivity index (χ3v) is 5.45. The van der Waals surface area contributed by atoms with E-state index in [9.17, 15) is 9.59 Å². The summed E-state index contributed by atoms with van der Waals surface area (Å²) >= 11 is 0.